The lowest BCUT2D eigenvalue weighted by atomic mass is 9.71. The predicted octanol–water partition coefficient (Wildman–Crippen LogP) is 3.67. The summed E-state index contributed by atoms with van der Waals surface area (Å²) in [5, 5.41) is 0. The van der Waals surface area contributed by atoms with E-state index in [1.807, 2.05) is 59.2 Å². The number of aromatic nitrogens is 1. The maximum absolute atomic E-state index is 13.4. The van der Waals surface area contributed by atoms with Crippen LogP contribution in [0.3, 0.4) is 0 Å². The molecule has 0 aliphatic carbocycles. The largest absolute Gasteiger partial charge is 0.342 e. The normalized spacial score (nSPS) is 18.7. The molecule has 2 amide bonds. The van der Waals surface area contributed by atoms with Gasteiger partial charge >= 0.3 is 0 Å². The van der Waals surface area contributed by atoms with Crippen molar-refractivity contribution in [2.45, 2.75) is 52.5 Å². The van der Waals surface area contributed by atoms with Crippen LogP contribution in [0.25, 0.3) is 0 Å². The number of piperidine rings is 2. The molecule has 0 unspecified atom stereocenters. The van der Waals surface area contributed by atoms with Crippen molar-refractivity contribution in [3.05, 3.63) is 65.0 Å². The Balaban J connectivity index is 1.37. The van der Waals surface area contributed by atoms with Gasteiger partial charge in [0.05, 0.1) is 24.1 Å². The smallest absolute Gasteiger partial charge is 0.229 e. The Bertz CT molecular complexity index is 914. The van der Waals surface area contributed by atoms with Gasteiger partial charge in [-0.15, -0.1) is 0 Å². The molecule has 0 saturated carbocycles. The molecular weight excluding hydrogens is 374 g/mol. The molecule has 158 valence electrons. The number of likely N-dealkylation sites (tertiary alicyclic amines) is 2. The van der Waals surface area contributed by atoms with Crippen molar-refractivity contribution >= 4 is 11.8 Å². The molecule has 3 heterocycles. The molecule has 2 aliphatic rings. The van der Waals surface area contributed by atoms with Crippen LogP contribution in [0.1, 0.15) is 48.2 Å². The van der Waals surface area contributed by atoms with E-state index in [0.717, 1.165) is 49.2 Å². The first-order chi connectivity index (χ1) is 14.4. The van der Waals surface area contributed by atoms with Gasteiger partial charge in [-0.25, -0.2) is 0 Å². The highest BCUT2D eigenvalue weighted by Crippen LogP contribution is 2.41. The molecule has 5 heteroatoms. The number of carbonyl (C=O) groups is 2. The second kappa shape index (κ2) is 8.58. The highest BCUT2D eigenvalue weighted by molar-refractivity contribution is 5.84. The van der Waals surface area contributed by atoms with Crippen LogP contribution in [0.4, 0.5) is 0 Å². The highest BCUT2D eigenvalue weighted by atomic mass is 16.2. The maximum atomic E-state index is 13.4. The van der Waals surface area contributed by atoms with Crippen molar-refractivity contribution in [1.29, 1.82) is 0 Å². The fourth-order valence-electron chi connectivity index (χ4n) is 4.83. The van der Waals surface area contributed by atoms with Gasteiger partial charge in [-0.3, -0.25) is 14.6 Å². The minimum atomic E-state index is -0.303. The van der Waals surface area contributed by atoms with E-state index in [1.54, 1.807) is 0 Å². The van der Waals surface area contributed by atoms with Crippen LogP contribution in [-0.2, 0) is 22.6 Å². The van der Waals surface area contributed by atoms with Crippen molar-refractivity contribution in [1.82, 2.24) is 14.8 Å². The first-order valence-electron chi connectivity index (χ1n) is 11.0. The number of benzene rings is 1. The quantitative estimate of drug-likeness (QED) is 0.780. The third-order valence-electron chi connectivity index (χ3n) is 6.67. The number of amides is 2. The lowest BCUT2D eigenvalue weighted by Crippen LogP contribution is -2.54. The standard InChI is InChI=1S/C25H31N3O2/c1-19-7-9-21(10-8-19)17-23(29)27-15-12-25(13-16-27)11-4-14-28(24(25)30)18-22-6-3-5-20(2)26-22/h3,5-10H,4,11-18H2,1-2H3. The van der Waals surface area contributed by atoms with Crippen molar-refractivity contribution < 1.29 is 9.59 Å². The van der Waals surface area contributed by atoms with E-state index in [1.165, 1.54) is 5.56 Å². The molecule has 0 bridgehead atoms. The second-order valence-electron chi connectivity index (χ2n) is 8.92. The highest BCUT2D eigenvalue weighted by Gasteiger charge is 2.46. The summed E-state index contributed by atoms with van der Waals surface area (Å²) in [6.45, 7) is 6.76. The molecule has 2 aromatic rings. The lowest BCUT2D eigenvalue weighted by molar-refractivity contribution is -0.153. The van der Waals surface area contributed by atoms with E-state index in [-0.39, 0.29) is 17.2 Å². The molecule has 5 nitrogen and oxygen atoms in total. The van der Waals surface area contributed by atoms with Gasteiger partial charge in [0.15, 0.2) is 0 Å². The van der Waals surface area contributed by atoms with E-state index >= 15 is 0 Å². The Morgan fingerprint density at radius 2 is 1.73 bits per heavy atom. The Morgan fingerprint density at radius 1 is 1.00 bits per heavy atom. The zero-order valence-electron chi connectivity index (χ0n) is 18.1. The Labute approximate surface area is 179 Å². The molecule has 4 rings (SSSR count). The molecule has 2 saturated heterocycles. The van der Waals surface area contributed by atoms with Crippen LogP contribution in [0.5, 0.6) is 0 Å². The first kappa shape index (κ1) is 20.6. The molecule has 2 aliphatic heterocycles. The minimum Gasteiger partial charge on any atom is -0.342 e. The van der Waals surface area contributed by atoms with Crippen molar-refractivity contribution in [2.24, 2.45) is 5.41 Å². The first-order valence-corrected chi connectivity index (χ1v) is 11.0. The zero-order valence-corrected chi connectivity index (χ0v) is 18.1. The van der Waals surface area contributed by atoms with Crippen LogP contribution in [0.15, 0.2) is 42.5 Å². The summed E-state index contributed by atoms with van der Waals surface area (Å²) < 4.78 is 0. The predicted molar refractivity (Wildman–Crippen MR) is 117 cm³/mol. The van der Waals surface area contributed by atoms with Gasteiger partial charge in [0, 0.05) is 25.3 Å². The number of hydrogen-bond donors (Lipinski definition) is 0. The van der Waals surface area contributed by atoms with E-state index in [2.05, 4.69) is 11.9 Å². The summed E-state index contributed by atoms with van der Waals surface area (Å²) in [5.74, 6) is 0.417. The van der Waals surface area contributed by atoms with Crippen molar-refractivity contribution in [2.75, 3.05) is 19.6 Å². The van der Waals surface area contributed by atoms with Gasteiger partial charge in [0.2, 0.25) is 11.8 Å². The molecule has 0 radical (unpaired) electrons. The Kier molecular flexibility index (Phi) is 5.89. The number of carbonyl (C=O) groups excluding carboxylic acids is 2. The Hall–Kier alpha value is -2.69. The van der Waals surface area contributed by atoms with Gasteiger partial charge in [-0.2, -0.15) is 0 Å². The van der Waals surface area contributed by atoms with E-state index in [9.17, 15) is 9.59 Å². The van der Waals surface area contributed by atoms with Crippen molar-refractivity contribution in [3.63, 3.8) is 0 Å². The van der Waals surface area contributed by atoms with Gasteiger partial charge in [0.1, 0.15) is 0 Å². The van der Waals surface area contributed by atoms with Crippen LogP contribution < -0.4 is 0 Å². The zero-order chi connectivity index (χ0) is 21.1. The molecule has 2 fully saturated rings. The fraction of sp³-hybridized carbons (Fsp3) is 0.480. The van der Waals surface area contributed by atoms with Gasteiger partial charge in [0.25, 0.3) is 0 Å². The van der Waals surface area contributed by atoms with Gasteiger partial charge in [-0.05, 0) is 57.2 Å². The summed E-state index contributed by atoms with van der Waals surface area (Å²) >= 11 is 0. The van der Waals surface area contributed by atoms with E-state index in [4.69, 9.17) is 0 Å². The third-order valence-corrected chi connectivity index (χ3v) is 6.67. The average Bonchev–Trinajstić information content (AvgIpc) is 2.74. The molecule has 0 N–H and O–H groups in total. The number of rotatable bonds is 4. The van der Waals surface area contributed by atoms with Crippen LogP contribution in [-0.4, -0.2) is 46.2 Å². The Morgan fingerprint density at radius 3 is 2.43 bits per heavy atom. The monoisotopic (exact) mass is 405 g/mol. The minimum absolute atomic E-state index is 0.165. The van der Waals surface area contributed by atoms with Gasteiger partial charge < -0.3 is 9.80 Å². The molecule has 1 aromatic heterocycles. The number of hydrogen-bond acceptors (Lipinski definition) is 3. The summed E-state index contributed by atoms with van der Waals surface area (Å²) in [4.78, 5) is 34.6. The second-order valence-corrected chi connectivity index (χ2v) is 8.92. The van der Waals surface area contributed by atoms with Crippen LogP contribution in [0.2, 0.25) is 0 Å². The fourth-order valence-corrected chi connectivity index (χ4v) is 4.83. The SMILES string of the molecule is Cc1ccc(CC(=O)N2CCC3(CCCN(Cc4cccc(C)n4)C3=O)CC2)cc1. The lowest BCUT2D eigenvalue weighted by Gasteiger charge is -2.46. The number of pyridine rings is 1. The molecule has 30 heavy (non-hydrogen) atoms. The number of nitrogens with zero attached hydrogens (tertiary/aromatic N) is 3. The van der Waals surface area contributed by atoms with E-state index < -0.39 is 0 Å². The number of aryl methyl sites for hydroxylation is 2. The summed E-state index contributed by atoms with van der Waals surface area (Å²) in [7, 11) is 0. The average molecular weight is 406 g/mol. The van der Waals surface area contributed by atoms with Crippen LogP contribution in [0, 0.1) is 19.3 Å². The maximum Gasteiger partial charge on any atom is 0.229 e. The molecule has 1 spiro atoms. The van der Waals surface area contributed by atoms with Gasteiger partial charge in [-0.1, -0.05) is 35.9 Å². The third kappa shape index (κ3) is 4.40. The molecule has 1 aromatic carbocycles. The topological polar surface area (TPSA) is 53.5 Å². The van der Waals surface area contributed by atoms with Crippen molar-refractivity contribution in [3.8, 4) is 0 Å². The summed E-state index contributed by atoms with van der Waals surface area (Å²) in [6.07, 6.45) is 3.93. The molecule has 0 atom stereocenters. The molecular formula is C25H31N3O2. The van der Waals surface area contributed by atoms with Crippen LogP contribution >= 0.6 is 0 Å². The summed E-state index contributed by atoms with van der Waals surface area (Å²) in [5.41, 5.74) is 3.88. The van der Waals surface area contributed by atoms with E-state index in [0.29, 0.717) is 26.1 Å². The summed E-state index contributed by atoms with van der Waals surface area (Å²) in [6, 6.07) is 14.1.